The third-order valence-electron chi connectivity index (χ3n) is 2.08. The van der Waals surface area contributed by atoms with E-state index in [2.05, 4.69) is 9.97 Å². The summed E-state index contributed by atoms with van der Waals surface area (Å²) in [5.41, 5.74) is 0. The van der Waals surface area contributed by atoms with Gasteiger partial charge in [-0.2, -0.15) is 0 Å². The van der Waals surface area contributed by atoms with Crippen LogP contribution in [-0.2, 0) is 0 Å². The van der Waals surface area contributed by atoms with Crippen LogP contribution in [0.5, 0.6) is 17.2 Å². The number of hydrogen-bond acceptors (Lipinski definition) is 4. The van der Waals surface area contributed by atoms with Crippen LogP contribution in [-0.4, -0.2) is 16.6 Å². The minimum absolute atomic E-state index is 0.154. The fourth-order valence-electron chi connectivity index (χ4n) is 1.34. The van der Waals surface area contributed by atoms with Gasteiger partial charge in [0.05, 0.1) is 6.61 Å². The molecular weight excluding hydrogens is 275 g/mol. The van der Waals surface area contributed by atoms with E-state index in [0.29, 0.717) is 18.1 Å². The summed E-state index contributed by atoms with van der Waals surface area (Å²) < 4.78 is 11.0. The first-order chi connectivity index (χ1) is 8.72. The van der Waals surface area contributed by atoms with Crippen molar-refractivity contribution in [1.29, 1.82) is 0 Å². The number of rotatable bonds is 4. The average molecular weight is 285 g/mol. The van der Waals surface area contributed by atoms with Crippen LogP contribution in [0.3, 0.4) is 0 Å². The molecule has 18 heavy (non-hydrogen) atoms. The highest BCUT2D eigenvalue weighted by atomic mass is 35.5. The molecule has 1 aromatic carbocycles. The molecule has 0 fully saturated rings. The highest BCUT2D eigenvalue weighted by Gasteiger charge is 2.13. The number of benzene rings is 1. The van der Waals surface area contributed by atoms with Crippen LogP contribution in [0.2, 0.25) is 10.3 Å². The minimum Gasteiger partial charge on any atom is -0.490 e. The van der Waals surface area contributed by atoms with Crippen LogP contribution >= 0.6 is 23.2 Å². The summed E-state index contributed by atoms with van der Waals surface area (Å²) in [6.45, 7) is 2.43. The summed E-state index contributed by atoms with van der Waals surface area (Å²) in [7, 11) is 0. The minimum atomic E-state index is 0.154. The Labute approximate surface area is 114 Å². The summed E-state index contributed by atoms with van der Waals surface area (Å²) in [6, 6.07) is 7.22. The van der Waals surface area contributed by atoms with E-state index in [1.54, 1.807) is 12.1 Å². The number of hydrogen-bond donors (Lipinski definition) is 0. The van der Waals surface area contributed by atoms with E-state index in [9.17, 15) is 0 Å². The highest BCUT2D eigenvalue weighted by Crippen LogP contribution is 2.37. The summed E-state index contributed by atoms with van der Waals surface area (Å²) in [5, 5.41) is 0.308. The second-order valence-electron chi connectivity index (χ2n) is 3.27. The van der Waals surface area contributed by atoms with E-state index >= 15 is 0 Å². The molecule has 0 unspecified atom stereocenters. The van der Waals surface area contributed by atoms with Gasteiger partial charge in [0.1, 0.15) is 6.33 Å². The van der Waals surface area contributed by atoms with Gasteiger partial charge < -0.3 is 9.47 Å². The van der Waals surface area contributed by atoms with Crippen molar-refractivity contribution in [2.45, 2.75) is 6.92 Å². The van der Waals surface area contributed by atoms with Crippen molar-refractivity contribution in [3.05, 3.63) is 40.9 Å². The molecule has 0 aliphatic rings. The van der Waals surface area contributed by atoms with Crippen molar-refractivity contribution in [2.75, 3.05) is 6.61 Å². The molecule has 94 valence electrons. The molecule has 0 saturated heterocycles. The summed E-state index contributed by atoms with van der Waals surface area (Å²) >= 11 is 11.8. The summed E-state index contributed by atoms with van der Waals surface area (Å²) in [4.78, 5) is 7.63. The van der Waals surface area contributed by atoms with E-state index in [4.69, 9.17) is 32.7 Å². The normalized spacial score (nSPS) is 10.2. The van der Waals surface area contributed by atoms with Gasteiger partial charge >= 0.3 is 0 Å². The number of aromatic nitrogens is 2. The first-order valence-corrected chi connectivity index (χ1v) is 6.03. The largest absolute Gasteiger partial charge is 0.490 e. The fraction of sp³-hybridized carbons (Fsp3) is 0.167. The molecule has 1 aromatic heterocycles. The van der Waals surface area contributed by atoms with Gasteiger partial charge in [-0.15, -0.1) is 0 Å². The molecule has 0 aliphatic heterocycles. The SMILES string of the molecule is CCOc1ccccc1Oc1c(Cl)ncnc1Cl. The first-order valence-electron chi connectivity index (χ1n) is 5.28. The van der Waals surface area contributed by atoms with Gasteiger partial charge in [-0.25, -0.2) is 9.97 Å². The molecule has 0 saturated carbocycles. The summed E-state index contributed by atoms with van der Waals surface area (Å²) in [5.74, 6) is 1.34. The molecule has 0 amide bonds. The monoisotopic (exact) mass is 284 g/mol. The molecule has 2 rings (SSSR count). The van der Waals surface area contributed by atoms with Crippen molar-refractivity contribution in [3.63, 3.8) is 0 Å². The zero-order chi connectivity index (χ0) is 13.0. The molecule has 0 N–H and O–H groups in total. The Morgan fingerprint density at radius 2 is 1.67 bits per heavy atom. The van der Waals surface area contributed by atoms with E-state index in [1.807, 2.05) is 19.1 Å². The van der Waals surface area contributed by atoms with E-state index in [-0.39, 0.29) is 16.1 Å². The second kappa shape index (κ2) is 5.89. The number of nitrogens with zero attached hydrogens (tertiary/aromatic N) is 2. The molecule has 6 heteroatoms. The lowest BCUT2D eigenvalue weighted by Crippen LogP contribution is -1.96. The molecular formula is C12H10Cl2N2O2. The van der Waals surface area contributed by atoms with Gasteiger partial charge in [-0.05, 0) is 19.1 Å². The molecule has 4 nitrogen and oxygen atoms in total. The zero-order valence-electron chi connectivity index (χ0n) is 9.56. The van der Waals surface area contributed by atoms with Crippen LogP contribution in [0.4, 0.5) is 0 Å². The van der Waals surface area contributed by atoms with Gasteiger partial charge in [0.25, 0.3) is 0 Å². The molecule has 1 heterocycles. The van der Waals surface area contributed by atoms with Gasteiger partial charge in [0, 0.05) is 0 Å². The molecule has 0 spiro atoms. The topological polar surface area (TPSA) is 44.2 Å². The van der Waals surface area contributed by atoms with Gasteiger partial charge in [-0.3, -0.25) is 0 Å². The number of para-hydroxylation sites is 2. The van der Waals surface area contributed by atoms with Crippen molar-refractivity contribution < 1.29 is 9.47 Å². The lowest BCUT2D eigenvalue weighted by molar-refractivity contribution is 0.321. The Bertz CT molecular complexity index is 529. The van der Waals surface area contributed by atoms with Crippen LogP contribution in [0.1, 0.15) is 6.92 Å². The predicted molar refractivity (Wildman–Crippen MR) is 69.7 cm³/mol. The Kier molecular flexibility index (Phi) is 4.23. The first kappa shape index (κ1) is 12.9. The van der Waals surface area contributed by atoms with E-state index < -0.39 is 0 Å². The van der Waals surface area contributed by atoms with Crippen molar-refractivity contribution >= 4 is 23.2 Å². The van der Waals surface area contributed by atoms with Crippen LogP contribution < -0.4 is 9.47 Å². The van der Waals surface area contributed by atoms with Crippen molar-refractivity contribution in [3.8, 4) is 17.2 Å². The van der Waals surface area contributed by atoms with Crippen LogP contribution in [0.25, 0.3) is 0 Å². The lowest BCUT2D eigenvalue weighted by atomic mass is 10.3. The van der Waals surface area contributed by atoms with Gasteiger partial charge in [0.15, 0.2) is 21.8 Å². The maximum absolute atomic E-state index is 5.91. The maximum Gasteiger partial charge on any atom is 0.202 e. The third kappa shape index (κ3) is 2.83. The molecule has 0 aliphatic carbocycles. The summed E-state index contributed by atoms with van der Waals surface area (Å²) in [6.07, 6.45) is 1.27. The second-order valence-corrected chi connectivity index (χ2v) is 3.98. The average Bonchev–Trinajstić information content (AvgIpc) is 2.36. The van der Waals surface area contributed by atoms with Gasteiger partial charge in [-0.1, -0.05) is 35.3 Å². The van der Waals surface area contributed by atoms with Crippen LogP contribution in [0.15, 0.2) is 30.6 Å². The van der Waals surface area contributed by atoms with Gasteiger partial charge in [0.2, 0.25) is 5.75 Å². The zero-order valence-corrected chi connectivity index (χ0v) is 11.1. The van der Waals surface area contributed by atoms with Crippen molar-refractivity contribution in [1.82, 2.24) is 9.97 Å². The highest BCUT2D eigenvalue weighted by molar-refractivity contribution is 6.35. The predicted octanol–water partition coefficient (Wildman–Crippen LogP) is 3.97. The van der Waals surface area contributed by atoms with E-state index in [1.165, 1.54) is 6.33 Å². The Morgan fingerprint density at radius 3 is 2.28 bits per heavy atom. The van der Waals surface area contributed by atoms with Crippen LogP contribution in [0, 0.1) is 0 Å². The van der Waals surface area contributed by atoms with E-state index in [0.717, 1.165) is 0 Å². The quantitative estimate of drug-likeness (QED) is 0.797. The Balaban J connectivity index is 2.34. The molecule has 0 radical (unpaired) electrons. The standard InChI is InChI=1S/C12H10Cl2N2O2/c1-2-17-8-5-3-4-6-9(8)18-10-11(13)15-7-16-12(10)14/h3-7H,2H2,1H3. The lowest BCUT2D eigenvalue weighted by Gasteiger charge is -2.12. The smallest absolute Gasteiger partial charge is 0.202 e. The fourth-order valence-corrected chi connectivity index (χ4v) is 1.73. The molecule has 2 aromatic rings. The third-order valence-corrected chi connectivity index (χ3v) is 2.62. The molecule has 0 atom stereocenters. The molecule has 0 bridgehead atoms. The van der Waals surface area contributed by atoms with Crippen molar-refractivity contribution in [2.24, 2.45) is 0 Å². The number of ether oxygens (including phenoxy) is 2. The Hall–Kier alpha value is -1.52. The maximum atomic E-state index is 5.91. The number of halogens is 2. The Morgan fingerprint density at radius 1 is 1.06 bits per heavy atom.